The summed E-state index contributed by atoms with van der Waals surface area (Å²) in [4.78, 5) is 11.6. The van der Waals surface area contributed by atoms with Crippen molar-refractivity contribution >= 4 is 5.97 Å². The molecule has 4 heteroatoms. The number of benzene rings is 1. The highest BCUT2D eigenvalue weighted by molar-refractivity contribution is 5.75. The van der Waals surface area contributed by atoms with E-state index in [2.05, 4.69) is 31.3 Å². The van der Waals surface area contributed by atoms with Crippen molar-refractivity contribution in [1.82, 2.24) is 5.32 Å². The lowest BCUT2D eigenvalue weighted by Crippen LogP contribution is -2.39. The second-order valence-corrected chi connectivity index (χ2v) is 5.06. The lowest BCUT2D eigenvalue weighted by atomic mass is 10.1. The number of hydrogen-bond donors (Lipinski definition) is 1. The van der Waals surface area contributed by atoms with Crippen LogP contribution in [0.5, 0.6) is 5.75 Å². The normalized spacial score (nSPS) is 12.0. The molecule has 0 aliphatic carbocycles. The Kier molecular flexibility index (Phi) is 8.51. The van der Waals surface area contributed by atoms with E-state index in [9.17, 15) is 4.79 Å². The van der Waals surface area contributed by atoms with E-state index in [4.69, 9.17) is 9.47 Å². The number of aryl methyl sites for hydroxylation is 1. The van der Waals surface area contributed by atoms with E-state index in [0.29, 0.717) is 13.0 Å². The molecule has 21 heavy (non-hydrogen) atoms. The molecule has 4 nitrogen and oxygen atoms in total. The van der Waals surface area contributed by atoms with Crippen LogP contribution in [0.2, 0.25) is 0 Å². The summed E-state index contributed by atoms with van der Waals surface area (Å²) >= 11 is 0. The topological polar surface area (TPSA) is 47.6 Å². The van der Waals surface area contributed by atoms with E-state index in [1.54, 1.807) is 0 Å². The molecule has 0 aliphatic rings. The molecular formula is C17H27NO3. The van der Waals surface area contributed by atoms with Gasteiger partial charge in [-0.05, 0) is 37.1 Å². The number of esters is 1. The van der Waals surface area contributed by atoms with E-state index < -0.39 is 0 Å². The summed E-state index contributed by atoms with van der Waals surface area (Å²) in [6.45, 7) is 5.52. The largest absolute Gasteiger partial charge is 0.494 e. The Bertz CT molecular complexity index is 403. The average Bonchev–Trinajstić information content (AvgIpc) is 2.51. The van der Waals surface area contributed by atoms with E-state index in [0.717, 1.165) is 31.6 Å². The molecule has 0 radical (unpaired) electrons. The molecule has 1 atom stereocenters. The first-order chi connectivity index (χ1) is 10.2. The molecule has 0 aliphatic heterocycles. The highest BCUT2D eigenvalue weighted by atomic mass is 16.5. The summed E-state index contributed by atoms with van der Waals surface area (Å²) in [6, 6.07) is 7.85. The van der Waals surface area contributed by atoms with E-state index in [1.165, 1.54) is 12.7 Å². The maximum Gasteiger partial charge on any atom is 0.322 e. The number of carbonyl (C=O) groups is 1. The second kappa shape index (κ2) is 10.2. The molecule has 0 saturated heterocycles. The van der Waals surface area contributed by atoms with Crippen LogP contribution in [0.3, 0.4) is 0 Å². The zero-order valence-corrected chi connectivity index (χ0v) is 13.4. The van der Waals surface area contributed by atoms with Gasteiger partial charge in [0.2, 0.25) is 0 Å². The van der Waals surface area contributed by atoms with Gasteiger partial charge in [-0.3, -0.25) is 4.79 Å². The van der Waals surface area contributed by atoms with Gasteiger partial charge in [-0.25, -0.2) is 0 Å². The van der Waals surface area contributed by atoms with E-state index >= 15 is 0 Å². The lowest BCUT2D eigenvalue weighted by Gasteiger charge is -2.16. The molecule has 0 saturated carbocycles. The third-order valence-electron chi connectivity index (χ3n) is 3.26. The maximum absolute atomic E-state index is 11.6. The molecule has 1 aromatic rings. The van der Waals surface area contributed by atoms with Crippen LogP contribution in [0.25, 0.3) is 0 Å². The summed E-state index contributed by atoms with van der Waals surface area (Å²) in [5.41, 5.74) is 1.32. The van der Waals surface area contributed by atoms with Crippen molar-refractivity contribution in [3.63, 3.8) is 0 Å². The molecule has 118 valence electrons. The highest BCUT2D eigenvalue weighted by Crippen LogP contribution is 2.14. The van der Waals surface area contributed by atoms with Gasteiger partial charge in [0, 0.05) is 6.42 Å². The molecule has 0 spiro atoms. The first-order valence-electron chi connectivity index (χ1n) is 7.74. The van der Waals surface area contributed by atoms with Gasteiger partial charge in [0.1, 0.15) is 11.8 Å². The third kappa shape index (κ3) is 6.63. The van der Waals surface area contributed by atoms with Crippen LogP contribution >= 0.6 is 0 Å². The van der Waals surface area contributed by atoms with Crippen molar-refractivity contribution in [2.75, 3.05) is 20.3 Å². The van der Waals surface area contributed by atoms with Crippen LogP contribution in [-0.2, 0) is 16.0 Å². The van der Waals surface area contributed by atoms with E-state index in [-0.39, 0.29) is 12.0 Å². The van der Waals surface area contributed by atoms with Crippen LogP contribution < -0.4 is 10.1 Å². The Morgan fingerprint density at radius 2 is 1.90 bits per heavy atom. The third-order valence-corrected chi connectivity index (χ3v) is 3.26. The molecule has 1 unspecified atom stereocenters. The van der Waals surface area contributed by atoms with Gasteiger partial charge in [0.25, 0.3) is 0 Å². The SMILES string of the molecule is CCCNC(CCOc1ccc(CCC)cc1)C(=O)OC. The molecule has 1 N–H and O–H groups in total. The van der Waals surface area contributed by atoms with Crippen molar-refractivity contribution in [3.8, 4) is 5.75 Å². The first-order valence-corrected chi connectivity index (χ1v) is 7.74. The van der Waals surface area contributed by atoms with Gasteiger partial charge in [-0.15, -0.1) is 0 Å². The Balaban J connectivity index is 2.40. The monoisotopic (exact) mass is 293 g/mol. The summed E-state index contributed by atoms with van der Waals surface area (Å²) in [5, 5.41) is 3.18. The maximum atomic E-state index is 11.6. The van der Waals surface area contributed by atoms with Crippen molar-refractivity contribution in [1.29, 1.82) is 0 Å². The predicted octanol–water partition coefficient (Wildman–Crippen LogP) is 2.95. The number of carbonyl (C=O) groups excluding carboxylic acids is 1. The van der Waals surface area contributed by atoms with Crippen molar-refractivity contribution in [2.45, 2.75) is 45.6 Å². The number of hydrogen-bond acceptors (Lipinski definition) is 4. The Hall–Kier alpha value is -1.55. The summed E-state index contributed by atoms with van der Waals surface area (Å²) in [6.07, 6.45) is 3.81. The number of rotatable bonds is 10. The van der Waals surface area contributed by atoms with Crippen LogP contribution in [0.4, 0.5) is 0 Å². The molecular weight excluding hydrogens is 266 g/mol. The van der Waals surface area contributed by atoms with E-state index in [1.807, 2.05) is 12.1 Å². The zero-order chi connectivity index (χ0) is 15.5. The fraction of sp³-hybridized carbons (Fsp3) is 0.588. The van der Waals surface area contributed by atoms with Crippen molar-refractivity contribution in [3.05, 3.63) is 29.8 Å². The van der Waals surface area contributed by atoms with Gasteiger partial charge in [0.15, 0.2) is 0 Å². The van der Waals surface area contributed by atoms with Crippen LogP contribution in [0.1, 0.15) is 38.7 Å². The predicted molar refractivity (Wildman–Crippen MR) is 84.6 cm³/mol. The first kappa shape index (κ1) is 17.5. The smallest absolute Gasteiger partial charge is 0.322 e. The molecule has 0 aromatic heterocycles. The highest BCUT2D eigenvalue weighted by Gasteiger charge is 2.17. The molecule has 0 fully saturated rings. The second-order valence-electron chi connectivity index (χ2n) is 5.06. The van der Waals surface area contributed by atoms with Crippen LogP contribution in [0.15, 0.2) is 24.3 Å². The quantitative estimate of drug-likeness (QED) is 0.674. The number of methoxy groups -OCH3 is 1. The van der Waals surface area contributed by atoms with Gasteiger partial charge in [0.05, 0.1) is 13.7 Å². The molecule has 0 amide bonds. The minimum atomic E-state index is -0.297. The molecule has 1 rings (SSSR count). The molecule has 1 aromatic carbocycles. The number of ether oxygens (including phenoxy) is 2. The van der Waals surface area contributed by atoms with Gasteiger partial charge < -0.3 is 14.8 Å². The van der Waals surface area contributed by atoms with Crippen LogP contribution in [-0.4, -0.2) is 32.3 Å². The lowest BCUT2D eigenvalue weighted by molar-refractivity contribution is -0.143. The zero-order valence-electron chi connectivity index (χ0n) is 13.4. The summed E-state index contributed by atoms with van der Waals surface area (Å²) in [5.74, 6) is 0.610. The van der Waals surface area contributed by atoms with Crippen molar-refractivity contribution < 1.29 is 14.3 Å². The Morgan fingerprint density at radius 1 is 1.19 bits per heavy atom. The minimum absolute atomic E-state index is 0.231. The fourth-order valence-electron chi connectivity index (χ4n) is 2.10. The summed E-state index contributed by atoms with van der Waals surface area (Å²) < 4.78 is 10.5. The van der Waals surface area contributed by atoms with Crippen molar-refractivity contribution in [2.24, 2.45) is 0 Å². The van der Waals surface area contributed by atoms with Gasteiger partial charge >= 0.3 is 5.97 Å². The van der Waals surface area contributed by atoms with Gasteiger partial charge in [-0.2, -0.15) is 0 Å². The Morgan fingerprint density at radius 3 is 2.48 bits per heavy atom. The fourth-order valence-corrected chi connectivity index (χ4v) is 2.10. The number of nitrogens with one attached hydrogen (secondary N) is 1. The van der Waals surface area contributed by atoms with Gasteiger partial charge in [-0.1, -0.05) is 32.4 Å². The molecule has 0 heterocycles. The minimum Gasteiger partial charge on any atom is -0.494 e. The average molecular weight is 293 g/mol. The standard InChI is InChI=1S/C17H27NO3/c1-4-6-14-7-9-15(10-8-14)21-13-11-16(17(19)20-3)18-12-5-2/h7-10,16,18H,4-6,11-13H2,1-3H3. The molecule has 0 bridgehead atoms. The van der Waals surface area contributed by atoms with Crippen LogP contribution in [0, 0.1) is 0 Å². The Labute approximate surface area is 127 Å². The summed E-state index contributed by atoms with van der Waals surface area (Å²) in [7, 11) is 1.41.